The van der Waals surface area contributed by atoms with Crippen molar-refractivity contribution < 1.29 is 22.0 Å². The van der Waals surface area contributed by atoms with Crippen LogP contribution in [0.4, 0.5) is 8.78 Å². The van der Waals surface area contributed by atoms with Gasteiger partial charge in [0.25, 0.3) is 0 Å². The fraction of sp³-hybridized carbons (Fsp3) is 0.500. The van der Waals surface area contributed by atoms with Gasteiger partial charge < -0.3 is 5.32 Å². The molecule has 21 heavy (non-hydrogen) atoms. The molecular formula is C14H19F2NO3S. The Bertz CT molecular complexity index is 615. The van der Waals surface area contributed by atoms with Crippen LogP contribution in [0.5, 0.6) is 0 Å². The van der Waals surface area contributed by atoms with Gasteiger partial charge in [-0.15, -0.1) is 0 Å². The first kappa shape index (κ1) is 17.6. The van der Waals surface area contributed by atoms with E-state index < -0.39 is 44.4 Å². The summed E-state index contributed by atoms with van der Waals surface area (Å²) in [6.45, 7) is 4.64. The molecule has 1 aromatic carbocycles. The summed E-state index contributed by atoms with van der Waals surface area (Å²) in [5.74, 6) is -2.65. The average Bonchev–Trinajstić information content (AvgIpc) is 2.38. The summed E-state index contributed by atoms with van der Waals surface area (Å²) in [6.07, 6.45) is 0.313. The van der Waals surface area contributed by atoms with Crippen molar-refractivity contribution in [2.75, 3.05) is 5.75 Å². The number of amides is 1. The molecule has 0 aliphatic carbocycles. The highest BCUT2D eigenvalue weighted by Gasteiger charge is 2.23. The second-order valence-electron chi connectivity index (χ2n) is 5.05. The van der Waals surface area contributed by atoms with Gasteiger partial charge in [-0.1, -0.05) is 6.92 Å². The molecule has 1 amide bonds. The highest BCUT2D eigenvalue weighted by atomic mass is 32.2. The lowest BCUT2D eigenvalue weighted by Gasteiger charge is -2.18. The average molecular weight is 319 g/mol. The van der Waals surface area contributed by atoms with Gasteiger partial charge in [-0.25, -0.2) is 17.2 Å². The third-order valence-electron chi connectivity index (χ3n) is 3.13. The summed E-state index contributed by atoms with van der Waals surface area (Å²) < 4.78 is 50.2. The molecule has 1 unspecified atom stereocenters. The Morgan fingerprint density at radius 1 is 1.29 bits per heavy atom. The van der Waals surface area contributed by atoms with Crippen LogP contribution in [0.15, 0.2) is 18.2 Å². The summed E-state index contributed by atoms with van der Waals surface area (Å²) in [5, 5.41) is 1.77. The van der Waals surface area contributed by atoms with Gasteiger partial charge in [-0.3, -0.25) is 4.79 Å². The maximum atomic E-state index is 13.7. The van der Waals surface area contributed by atoms with Gasteiger partial charge in [-0.2, -0.15) is 0 Å². The lowest BCUT2D eigenvalue weighted by Crippen LogP contribution is -2.35. The van der Waals surface area contributed by atoms with Crippen LogP contribution >= 0.6 is 0 Å². The highest BCUT2D eigenvalue weighted by Crippen LogP contribution is 2.21. The van der Waals surface area contributed by atoms with Crippen LogP contribution in [0.3, 0.4) is 0 Å². The molecule has 0 spiro atoms. The SMILES string of the molecule is CCC(NC(=O)CS(=O)(=O)C(C)C)c1cc(F)ccc1F. The monoisotopic (exact) mass is 319 g/mol. The number of carbonyl (C=O) groups is 1. The van der Waals surface area contributed by atoms with Crippen LogP contribution in [-0.4, -0.2) is 25.3 Å². The van der Waals surface area contributed by atoms with Crippen molar-refractivity contribution in [3.05, 3.63) is 35.4 Å². The summed E-state index contributed by atoms with van der Waals surface area (Å²) >= 11 is 0. The van der Waals surface area contributed by atoms with E-state index in [4.69, 9.17) is 0 Å². The number of halogens is 2. The normalized spacial score (nSPS) is 13.2. The van der Waals surface area contributed by atoms with Gasteiger partial charge in [0.1, 0.15) is 17.4 Å². The van der Waals surface area contributed by atoms with Crippen LogP contribution in [0.1, 0.15) is 38.8 Å². The van der Waals surface area contributed by atoms with Crippen LogP contribution in [0, 0.1) is 11.6 Å². The van der Waals surface area contributed by atoms with Gasteiger partial charge >= 0.3 is 0 Å². The molecule has 0 radical (unpaired) electrons. The van der Waals surface area contributed by atoms with E-state index in [1.54, 1.807) is 6.92 Å². The van der Waals surface area contributed by atoms with Crippen LogP contribution < -0.4 is 5.32 Å². The molecule has 1 aromatic rings. The zero-order valence-corrected chi connectivity index (χ0v) is 13.0. The molecule has 0 aliphatic heterocycles. The van der Waals surface area contributed by atoms with Crippen molar-refractivity contribution in [3.63, 3.8) is 0 Å². The summed E-state index contributed by atoms with van der Waals surface area (Å²) in [7, 11) is -3.53. The molecule has 0 aromatic heterocycles. The van der Waals surface area contributed by atoms with Crippen molar-refractivity contribution in [1.82, 2.24) is 5.32 Å². The van der Waals surface area contributed by atoms with Crippen molar-refractivity contribution in [2.45, 2.75) is 38.5 Å². The van der Waals surface area contributed by atoms with Crippen molar-refractivity contribution >= 4 is 15.7 Å². The molecule has 7 heteroatoms. The summed E-state index contributed by atoms with van der Waals surface area (Å²) in [5.41, 5.74) is 0.00722. The second-order valence-corrected chi connectivity index (χ2v) is 7.61. The highest BCUT2D eigenvalue weighted by molar-refractivity contribution is 7.92. The van der Waals surface area contributed by atoms with Crippen LogP contribution in [-0.2, 0) is 14.6 Å². The van der Waals surface area contributed by atoms with E-state index >= 15 is 0 Å². The molecular weight excluding hydrogens is 300 g/mol. The first-order chi connectivity index (χ1) is 9.67. The van der Waals surface area contributed by atoms with Gasteiger partial charge in [0, 0.05) is 5.56 Å². The minimum absolute atomic E-state index is 0.00722. The molecule has 4 nitrogen and oxygen atoms in total. The van der Waals surface area contributed by atoms with Crippen molar-refractivity contribution in [3.8, 4) is 0 Å². The topological polar surface area (TPSA) is 63.2 Å². The second kappa shape index (κ2) is 6.98. The zero-order chi connectivity index (χ0) is 16.2. The smallest absolute Gasteiger partial charge is 0.235 e. The summed E-state index contributed by atoms with van der Waals surface area (Å²) in [4.78, 5) is 11.8. The molecule has 0 bridgehead atoms. The first-order valence-electron chi connectivity index (χ1n) is 6.63. The minimum Gasteiger partial charge on any atom is -0.348 e. The number of sulfone groups is 1. The number of hydrogen-bond donors (Lipinski definition) is 1. The van der Waals surface area contributed by atoms with Crippen LogP contribution in [0.2, 0.25) is 0 Å². The Hall–Kier alpha value is -1.50. The standard InChI is InChI=1S/C14H19F2NO3S/c1-4-13(11-7-10(15)5-6-12(11)16)17-14(18)8-21(19,20)9(2)3/h5-7,9,13H,4,8H2,1-3H3,(H,17,18). The van der Waals surface area contributed by atoms with E-state index in [-0.39, 0.29) is 5.56 Å². The maximum absolute atomic E-state index is 13.7. The number of rotatable bonds is 6. The molecule has 1 rings (SSSR count). The van der Waals surface area contributed by atoms with E-state index in [1.165, 1.54) is 13.8 Å². The van der Waals surface area contributed by atoms with Gasteiger partial charge in [0.05, 0.1) is 11.3 Å². The van der Waals surface area contributed by atoms with Crippen molar-refractivity contribution in [1.29, 1.82) is 0 Å². The first-order valence-corrected chi connectivity index (χ1v) is 8.34. The lowest BCUT2D eigenvalue weighted by molar-refractivity contribution is -0.119. The molecule has 0 saturated carbocycles. The maximum Gasteiger partial charge on any atom is 0.235 e. The van der Waals surface area contributed by atoms with Gasteiger partial charge in [0.2, 0.25) is 5.91 Å². The number of carbonyl (C=O) groups excluding carboxylic acids is 1. The van der Waals surface area contributed by atoms with Gasteiger partial charge in [-0.05, 0) is 38.5 Å². The molecule has 0 aliphatic rings. The Kier molecular flexibility index (Phi) is 5.83. The largest absolute Gasteiger partial charge is 0.348 e. The predicted molar refractivity (Wildman–Crippen MR) is 76.5 cm³/mol. The van der Waals surface area contributed by atoms with E-state index in [0.29, 0.717) is 6.42 Å². The van der Waals surface area contributed by atoms with E-state index in [2.05, 4.69) is 5.32 Å². The fourth-order valence-electron chi connectivity index (χ4n) is 1.77. The third kappa shape index (κ3) is 4.77. The third-order valence-corrected chi connectivity index (χ3v) is 5.23. The molecule has 118 valence electrons. The Morgan fingerprint density at radius 3 is 2.43 bits per heavy atom. The van der Waals surface area contributed by atoms with E-state index in [1.807, 2.05) is 0 Å². The molecule has 1 atom stereocenters. The molecule has 0 saturated heterocycles. The quantitative estimate of drug-likeness (QED) is 0.875. The number of nitrogens with one attached hydrogen (secondary N) is 1. The molecule has 0 heterocycles. The Morgan fingerprint density at radius 2 is 1.90 bits per heavy atom. The Balaban J connectivity index is 2.88. The zero-order valence-electron chi connectivity index (χ0n) is 12.2. The van der Waals surface area contributed by atoms with Crippen molar-refractivity contribution in [2.24, 2.45) is 0 Å². The predicted octanol–water partition coefficient (Wildman–Crippen LogP) is 2.36. The van der Waals surface area contributed by atoms with Gasteiger partial charge in [0.15, 0.2) is 9.84 Å². The Labute approximate surface area is 123 Å². The fourth-order valence-corrected chi connectivity index (χ4v) is 2.55. The lowest BCUT2D eigenvalue weighted by atomic mass is 10.0. The number of hydrogen-bond acceptors (Lipinski definition) is 3. The van der Waals surface area contributed by atoms with Crippen LogP contribution in [0.25, 0.3) is 0 Å². The molecule has 0 fully saturated rings. The number of benzene rings is 1. The molecule has 1 N–H and O–H groups in total. The van der Waals surface area contributed by atoms with E-state index in [0.717, 1.165) is 18.2 Å². The van der Waals surface area contributed by atoms with E-state index in [9.17, 15) is 22.0 Å². The minimum atomic E-state index is -3.53. The summed E-state index contributed by atoms with van der Waals surface area (Å²) in [6, 6.07) is 2.19.